The van der Waals surface area contributed by atoms with Crippen molar-refractivity contribution in [3.05, 3.63) is 70.2 Å². The number of anilines is 1. The van der Waals surface area contributed by atoms with Crippen LogP contribution in [0, 0.1) is 0 Å². The van der Waals surface area contributed by atoms with Gasteiger partial charge in [0, 0.05) is 28.5 Å². The summed E-state index contributed by atoms with van der Waals surface area (Å²) < 4.78 is 1.05. The van der Waals surface area contributed by atoms with Gasteiger partial charge in [0.15, 0.2) is 0 Å². The number of carbonyl (C=O) groups excluding carboxylic acids is 1. The minimum Gasteiger partial charge on any atom is -0.344 e. The SMILES string of the molecule is CC1(C)c2ccccc2N2CCC(=O)N[C@]21/C=C/c1cccc(Br)c1. The van der Waals surface area contributed by atoms with E-state index in [2.05, 4.69) is 88.5 Å². The topological polar surface area (TPSA) is 32.3 Å². The molecule has 2 aliphatic heterocycles. The second-order valence-corrected chi connectivity index (χ2v) is 8.16. The van der Waals surface area contributed by atoms with Crippen LogP contribution >= 0.6 is 15.9 Å². The molecule has 2 heterocycles. The van der Waals surface area contributed by atoms with Crippen LogP contribution in [0.5, 0.6) is 0 Å². The average Bonchev–Trinajstić information content (AvgIpc) is 2.78. The van der Waals surface area contributed by atoms with Crippen molar-refractivity contribution in [3.8, 4) is 0 Å². The van der Waals surface area contributed by atoms with Crippen LogP contribution in [-0.4, -0.2) is 18.1 Å². The highest BCUT2D eigenvalue weighted by molar-refractivity contribution is 9.10. The molecule has 1 amide bonds. The fraction of sp³-hybridized carbons (Fsp3) is 0.286. The molecule has 0 bridgehead atoms. The normalized spacial score (nSPS) is 24.1. The van der Waals surface area contributed by atoms with Gasteiger partial charge in [0.2, 0.25) is 5.91 Å². The van der Waals surface area contributed by atoms with Gasteiger partial charge in [0.05, 0.1) is 0 Å². The highest BCUT2D eigenvalue weighted by Crippen LogP contribution is 2.52. The first-order chi connectivity index (χ1) is 11.9. The first-order valence-electron chi connectivity index (χ1n) is 8.57. The minimum absolute atomic E-state index is 0.107. The summed E-state index contributed by atoms with van der Waals surface area (Å²) in [6, 6.07) is 16.7. The summed E-state index contributed by atoms with van der Waals surface area (Å²) in [6.07, 6.45) is 4.79. The molecule has 1 fully saturated rings. The van der Waals surface area contributed by atoms with Crippen LogP contribution in [0.4, 0.5) is 5.69 Å². The zero-order chi connectivity index (χ0) is 17.7. The number of nitrogens with one attached hydrogen (secondary N) is 1. The van der Waals surface area contributed by atoms with Gasteiger partial charge in [-0.05, 0) is 35.4 Å². The van der Waals surface area contributed by atoms with Crippen molar-refractivity contribution in [2.45, 2.75) is 31.3 Å². The fourth-order valence-corrected chi connectivity index (χ4v) is 4.56. The van der Waals surface area contributed by atoms with E-state index in [0.717, 1.165) is 16.6 Å². The number of fused-ring (bicyclic) bond motifs is 3. The number of rotatable bonds is 2. The Hall–Kier alpha value is -2.07. The van der Waals surface area contributed by atoms with Crippen LogP contribution in [-0.2, 0) is 10.2 Å². The lowest BCUT2D eigenvalue weighted by Crippen LogP contribution is -2.68. The second-order valence-electron chi connectivity index (χ2n) is 7.25. The number of halogens is 1. The standard InChI is InChI=1S/C21H21BrN2O/c1-20(2)17-8-3-4-9-18(17)24-13-11-19(25)23-21(20,24)12-10-15-6-5-7-16(22)14-15/h3-10,12,14H,11,13H2,1-2H3,(H,23,25)/b12-10+/t21-/m1/s1. The molecule has 2 aliphatic rings. The molecule has 0 unspecified atom stereocenters. The van der Waals surface area contributed by atoms with E-state index in [1.54, 1.807) is 0 Å². The van der Waals surface area contributed by atoms with Crippen molar-refractivity contribution in [1.29, 1.82) is 0 Å². The molecular formula is C21H21BrN2O. The number of benzene rings is 2. The Balaban J connectivity index is 1.85. The van der Waals surface area contributed by atoms with Gasteiger partial charge in [-0.2, -0.15) is 0 Å². The predicted octanol–water partition coefficient (Wildman–Crippen LogP) is 4.48. The Kier molecular flexibility index (Phi) is 3.76. The summed E-state index contributed by atoms with van der Waals surface area (Å²) in [5.74, 6) is 0.107. The first kappa shape index (κ1) is 16.4. The van der Waals surface area contributed by atoms with Crippen LogP contribution in [0.1, 0.15) is 31.4 Å². The molecule has 4 heteroatoms. The maximum absolute atomic E-state index is 12.3. The fourth-order valence-electron chi connectivity index (χ4n) is 4.15. The van der Waals surface area contributed by atoms with E-state index < -0.39 is 5.66 Å². The maximum Gasteiger partial charge on any atom is 0.223 e. The van der Waals surface area contributed by atoms with Crippen molar-refractivity contribution >= 4 is 33.6 Å². The molecule has 1 atom stereocenters. The molecule has 0 saturated carbocycles. The summed E-state index contributed by atoms with van der Waals surface area (Å²) in [5, 5.41) is 3.30. The molecule has 128 valence electrons. The number of nitrogens with zero attached hydrogens (tertiary/aromatic N) is 1. The van der Waals surface area contributed by atoms with Gasteiger partial charge >= 0.3 is 0 Å². The van der Waals surface area contributed by atoms with Crippen LogP contribution < -0.4 is 10.2 Å². The molecule has 0 radical (unpaired) electrons. The number of carbonyl (C=O) groups is 1. The molecule has 2 aromatic rings. The summed E-state index contributed by atoms with van der Waals surface area (Å²) in [6.45, 7) is 5.15. The lowest BCUT2D eigenvalue weighted by atomic mass is 9.74. The van der Waals surface area contributed by atoms with Crippen molar-refractivity contribution in [3.63, 3.8) is 0 Å². The number of amides is 1. The third-order valence-corrected chi connectivity index (χ3v) is 6.00. The lowest BCUT2D eigenvalue weighted by Gasteiger charge is -2.49. The third kappa shape index (κ3) is 2.43. The Bertz CT molecular complexity index is 874. The molecule has 1 N–H and O–H groups in total. The largest absolute Gasteiger partial charge is 0.344 e. The molecule has 1 saturated heterocycles. The number of hydrogen-bond donors (Lipinski definition) is 1. The van der Waals surface area contributed by atoms with Gasteiger partial charge < -0.3 is 10.2 Å². The van der Waals surface area contributed by atoms with Gasteiger partial charge in [-0.1, -0.05) is 66.2 Å². The Morgan fingerprint density at radius 1 is 1.16 bits per heavy atom. The smallest absolute Gasteiger partial charge is 0.223 e. The molecule has 3 nitrogen and oxygen atoms in total. The van der Waals surface area contributed by atoms with E-state index in [0.29, 0.717) is 6.42 Å². The molecular weight excluding hydrogens is 376 g/mol. The highest BCUT2D eigenvalue weighted by Gasteiger charge is 2.57. The first-order valence-corrected chi connectivity index (χ1v) is 9.36. The molecule has 25 heavy (non-hydrogen) atoms. The van der Waals surface area contributed by atoms with Crippen molar-refractivity contribution in [2.75, 3.05) is 11.4 Å². The van der Waals surface area contributed by atoms with Crippen LogP contribution in [0.15, 0.2) is 59.1 Å². The Labute approximate surface area is 156 Å². The zero-order valence-corrected chi connectivity index (χ0v) is 16.0. The van der Waals surface area contributed by atoms with E-state index in [-0.39, 0.29) is 11.3 Å². The van der Waals surface area contributed by atoms with E-state index in [1.165, 1.54) is 11.3 Å². The molecule has 4 rings (SSSR count). The van der Waals surface area contributed by atoms with Crippen molar-refractivity contribution in [2.24, 2.45) is 0 Å². The second kappa shape index (κ2) is 5.73. The van der Waals surface area contributed by atoms with Crippen LogP contribution in [0.2, 0.25) is 0 Å². The van der Waals surface area contributed by atoms with Crippen LogP contribution in [0.3, 0.4) is 0 Å². The van der Waals surface area contributed by atoms with Gasteiger partial charge in [-0.25, -0.2) is 0 Å². The quantitative estimate of drug-likeness (QED) is 0.811. The summed E-state index contributed by atoms with van der Waals surface area (Å²) in [4.78, 5) is 14.7. The summed E-state index contributed by atoms with van der Waals surface area (Å²) in [5.41, 5.74) is 2.81. The third-order valence-electron chi connectivity index (χ3n) is 5.50. The van der Waals surface area contributed by atoms with Crippen LogP contribution in [0.25, 0.3) is 6.08 Å². The molecule has 0 spiro atoms. The average molecular weight is 397 g/mol. The predicted molar refractivity (Wildman–Crippen MR) is 105 cm³/mol. The molecule has 2 aromatic carbocycles. The summed E-state index contributed by atoms with van der Waals surface area (Å²) in [7, 11) is 0. The van der Waals surface area contributed by atoms with E-state index in [4.69, 9.17) is 0 Å². The molecule has 0 aromatic heterocycles. The number of para-hydroxylation sites is 1. The Morgan fingerprint density at radius 3 is 2.76 bits per heavy atom. The zero-order valence-electron chi connectivity index (χ0n) is 14.4. The van der Waals surface area contributed by atoms with Gasteiger partial charge in [-0.15, -0.1) is 0 Å². The maximum atomic E-state index is 12.3. The minimum atomic E-state index is -0.547. The Morgan fingerprint density at radius 2 is 1.96 bits per heavy atom. The van der Waals surface area contributed by atoms with E-state index in [1.807, 2.05) is 12.1 Å². The lowest BCUT2D eigenvalue weighted by molar-refractivity contribution is -0.124. The van der Waals surface area contributed by atoms with Crippen molar-refractivity contribution < 1.29 is 4.79 Å². The van der Waals surface area contributed by atoms with Gasteiger partial charge in [-0.3, -0.25) is 4.79 Å². The van der Waals surface area contributed by atoms with E-state index in [9.17, 15) is 4.79 Å². The molecule has 0 aliphatic carbocycles. The summed E-state index contributed by atoms with van der Waals surface area (Å²) >= 11 is 3.52. The monoisotopic (exact) mass is 396 g/mol. The van der Waals surface area contributed by atoms with Crippen molar-refractivity contribution in [1.82, 2.24) is 5.32 Å². The number of hydrogen-bond acceptors (Lipinski definition) is 2. The van der Waals surface area contributed by atoms with E-state index >= 15 is 0 Å². The highest BCUT2D eigenvalue weighted by atomic mass is 79.9. The van der Waals surface area contributed by atoms with Gasteiger partial charge in [0.25, 0.3) is 0 Å². The van der Waals surface area contributed by atoms with Gasteiger partial charge in [0.1, 0.15) is 5.66 Å².